The van der Waals surface area contributed by atoms with Gasteiger partial charge in [-0.05, 0) is 36.4 Å². The number of carbonyl (C=O) groups excluding carboxylic acids is 1. The Morgan fingerprint density at radius 3 is 2.94 bits per heavy atom. The van der Waals surface area contributed by atoms with Gasteiger partial charge in [0.2, 0.25) is 11.1 Å². The van der Waals surface area contributed by atoms with Gasteiger partial charge < -0.3 is 14.6 Å². The zero-order valence-electron chi connectivity index (χ0n) is 16.4. The number of aromatic nitrogens is 5. The van der Waals surface area contributed by atoms with Gasteiger partial charge >= 0.3 is 0 Å². The first kappa shape index (κ1) is 20.2. The summed E-state index contributed by atoms with van der Waals surface area (Å²) in [5.41, 5.74) is 3.30. The quantitative estimate of drug-likeness (QED) is 0.341. The summed E-state index contributed by atoms with van der Waals surface area (Å²) in [5.74, 6) is 0.730. The average Bonchev–Trinajstić information content (AvgIpc) is 3.29. The summed E-state index contributed by atoms with van der Waals surface area (Å²) in [5, 5.41) is 13.4. The van der Waals surface area contributed by atoms with E-state index in [9.17, 15) is 4.79 Å². The highest BCUT2D eigenvalue weighted by atomic mass is 79.9. The molecule has 0 bridgehead atoms. The summed E-state index contributed by atoms with van der Waals surface area (Å²) in [4.78, 5) is 21.5. The first-order valence-electron chi connectivity index (χ1n) is 9.17. The first-order chi connectivity index (χ1) is 15.0. The Balaban J connectivity index is 1.31. The molecular weight excluding hydrogens is 500 g/mol. The zero-order chi connectivity index (χ0) is 21.5. The number of anilines is 1. The van der Waals surface area contributed by atoms with Crippen molar-refractivity contribution in [2.45, 2.75) is 5.16 Å². The van der Waals surface area contributed by atoms with Crippen molar-refractivity contribution in [3.63, 3.8) is 0 Å². The number of benzene rings is 2. The van der Waals surface area contributed by atoms with E-state index in [0.717, 1.165) is 42.5 Å². The molecule has 31 heavy (non-hydrogen) atoms. The summed E-state index contributed by atoms with van der Waals surface area (Å²) in [6.45, 7) is 0. The molecule has 0 unspecified atom stereocenters. The number of halogens is 1. The molecule has 1 N–H and O–H groups in total. The van der Waals surface area contributed by atoms with Gasteiger partial charge in [0, 0.05) is 16.9 Å². The average molecular weight is 515 g/mol. The molecule has 0 saturated carbocycles. The van der Waals surface area contributed by atoms with Crippen molar-refractivity contribution in [1.29, 1.82) is 0 Å². The van der Waals surface area contributed by atoms with E-state index in [1.807, 2.05) is 48.0 Å². The van der Waals surface area contributed by atoms with Gasteiger partial charge in [-0.2, -0.15) is 0 Å². The molecule has 5 rings (SSSR count). The SMILES string of the molecule is COc1ccc2nc(NC(=O)CSc3nnc4c5cc(Br)ccc5n(C)c4n3)sc2c1. The maximum atomic E-state index is 12.4. The van der Waals surface area contributed by atoms with Crippen molar-refractivity contribution in [3.8, 4) is 5.75 Å². The molecule has 0 atom stereocenters. The second kappa shape index (κ2) is 8.06. The molecule has 8 nitrogen and oxygen atoms in total. The summed E-state index contributed by atoms with van der Waals surface area (Å²) in [7, 11) is 3.56. The maximum absolute atomic E-state index is 12.4. The summed E-state index contributed by atoms with van der Waals surface area (Å²) in [6, 6.07) is 11.6. The van der Waals surface area contributed by atoms with E-state index < -0.39 is 0 Å². The van der Waals surface area contributed by atoms with Crippen LogP contribution >= 0.6 is 39.0 Å². The fraction of sp³-hybridized carbons (Fsp3) is 0.150. The van der Waals surface area contributed by atoms with Gasteiger partial charge in [0.1, 0.15) is 11.3 Å². The Hall–Kier alpha value is -2.76. The number of ether oxygens (including phenoxy) is 1. The van der Waals surface area contributed by atoms with Crippen LogP contribution in [-0.2, 0) is 11.8 Å². The predicted molar refractivity (Wildman–Crippen MR) is 127 cm³/mol. The Morgan fingerprint density at radius 1 is 1.23 bits per heavy atom. The van der Waals surface area contributed by atoms with Crippen LogP contribution in [0.25, 0.3) is 32.3 Å². The Morgan fingerprint density at radius 2 is 2.10 bits per heavy atom. The Bertz CT molecular complexity index is 1460. The van der Waals surface area contributed by atoms with Crippen molar-refractivity contribution in [2.75, 3.05) is 18.2 Å². The molecule has 2 aromatic carbocycles. The topological polar surface area (TPSA) is 94.8 Å². The zero-order valence-corrected chi connectivity index (χ0v) is 19.6. The summed E-state index contributed by atoms with van der Waals surface area (Å²) < 4.78 is 9.12. The molecule has 156 valence electrons. The molecule has 5 aromatic rings. The number of hydrogen-bond acceptors (Lipinski definition) is 8. The minimum atomic E-state index is -0.180. The number of hydrogen-bond donors (Lipinski definition) is 1. The van der Waals surface area contributed by atoms with Gasteiger partial charge in [0.15, 0.2) is 10.8 Å². The van der Waals surface area contributed by atoms with Crippen molar-refractivity contribution >= 4 is 82.4 Å². The summed E-state index contributed by atoms with van der Waals surface area (Å²) >= 11 is 6.13. The van der Waals surface area contributed by atoms with Crippen molar-refractivity contribution < 1.29 is 9.53 Å². The van der Waals surface area contributed by atoms with E-state index in [1.54, 1.807) is 7.11 Å². The third-order valence-corrected chi connectivity index (χ3v) is 6.98. The standard InChI is InChI=1S/C20H15BrN6O2S2/c1-27-14-6-3-10(21)7-12(14)17-18(27)24-20(26-25-17)30-9-16(28)23-19-22-13-5-4-11(29-2)8-15(13)31-19/h3-8H,9H2,1-2H3,(H,22,23,28). The highest BCUT2D eigenvalue weighted by Gasteiger charge is 2.15. The Labute approximate surface area is 193 Å². The molecule has 0 radical (unpaired) electrons. The lowest BCUT2D eigenvalue weighted by molar-refractivity contribution is -0.113. The lowest BCUT2D eigenvalue weighted by atomic mass is 10.2. The number of fused-ring (bicyclic) bond motifs is 4. The van der Waals surface area contributed by atoms with Crippen molar-refractivity contribution in [3.05, 3.63) is 40.9 Å². The summed E-state index contributed by atoms with van der Waals surface area (Å²) in [6.07, 6.45) is 0. The molecule has 11 heteroatoms. The Kier molecular flexibility index (Phi) is 5.24. The first-order valence-corrected chi connectivity index (χ1v) is 11.8. The van der Waals surface area contributed by atoms with Gasteiger partial charge in [-0.1, -0.05) is 39.0 Å². The van der Waals surface area contributed by atoms with Gasteiger partial charge in [-0.15, -0.1) is 10.2 Å². The van der Waals surface area contributed by atoms with Crippen LogP contribution in [0.15, 0.2) is 46.0 Å². The monoisotopic (exact) mass is 514 g/mol. The minimum absolute atomic E-state index is 0.155. The van der Waals surface area contributed by atoms with Crippen LogP contribution in [0.3, 0.4) is 0 Å². The molecule has 3 aromatic heterocycles. The van der Waals surface area contributed by atoms with Crippen LogP contribution in [-0.4, -0.2) is 43.5 Å². The van der Waals surface area contributed by atoms with Gasteiger partial charge in [0.25, 0.3) is 0 Å². The van der Waals surface area contributed by atoms with Crippen LogP contribution in [0.4, 0.5) is 5.13 Å². The molecule has 0 aliphatic carbocycles. The maximum Gasteiger partial charge on any atom is 0.236 e. The van der Waals surface area contributed by atoms with Crippen LogP contribution in [0.5, 0.6) is 5.75 Å². The molecule has 0 spiro atoms. The second-order valence-corrected chi connectivity index (χ2v) is 9.57. The number of nitrogens with one attached hydrogen (secondary N) is 1. The number of thiazole rings is 1. The number of rotatable bonds is 5. The normalized spacial score (nSPS) is 11.5. The fourth-order valence-electron chi connectivity index (χ4n) is 3.25. The molecule has 0 fully saturated rings. The smallest absolute Gasteiger partial charge is 0.236 e. The second-order valence-electron chi connectivity index (χ2n) is 6.68. The van der Waals surface area contributed by atoms with Crippen LogP contribution < -0.4 is 10.1 Å². The van der Waals surface area contributed by atoms with E-state index in [-0.39, 0.29) is 11.7 Å². The lowest BCUT2D eigenvalue weighted by Gasteiger charge is -2.01. The number of aryl methyl sites for hydroxylation is 1. The van der Waals surface area contributed by atoms with E-state index in [2.05, 4.69) is 41.4 Å². The fourth-order valence-corrected chi connectivity index (χ4v) is 5.10. The third kappa shape index (κ3) is 3.84. The molecule has 0 aliphatic heterocycles. The minimum Gasteiger partial charge on any atom is -0.497 e. The molecule has 1 amide bonds. The number of thioether (sulfide) groups is 1. The molecule has 0 saturated heterocycles. The van der Waals surface area contributed by atoms with Crippen LogP contribution in [0.1, 0.15) is 0 Å². The van der Waals surface area contributed by atoms with Crippen molar-refractivity contribution in [1.82, 2.24) is 24.7 Å². The number of nitrogens with zero attached hydrogens (tertiary/aromatic N) is 5. The van der Waals surface area contributed by atoms with Crippen molar-refractivity contribution in [2.24, 2.45) is 7.05 Å². The highest BCUT2D eigenvalue weighted by molar-refractivity contribution is 9.10. The van der Waals surface area contributed by atoms with Crippen LogP contribution in [0.2, 0.25) is 0 Å². The number of carbonyl (C=O) groups is 1. The van der Waals surface area contributed by atoms with Gasteiger partial charge in [-0.25, -0.2) is 9.97 Å². The number of amides is 1. The lowest BCUT2D eigenvalue weighted by Crippen LogP contribution is -2.14. The largest absolute Gasteiger partial charge is 0.497 e. The molecule has 3 heterocycles. The predicted octanol–water partition coefficient (Wildman–Crippen LogP) is 4.63. The van der Waals surface area contributed by atoms with E-state index in [1.165, 1.54) is 23.1 Å². The van der Waals surface area contributed by atoms with E-state index in [4.69, 9.17) is 4.74 Å². The third-order valence-electron chi connectivity index (χ3n) is 4.72. The van der Waals surface area contributed by atoms with E-state index >= 15 is 0 Å². The highest BCUT2D eigenvalue weighted by Crippen LogP contribution is 2.30. The number of methoxy groups -OCH3 is 1. The van der Waals surface area contributed by atoms with E-state index in [0.29, 0.717) is 10.3 Å². The van der Waals surface area contributed by atoms with Crippen LogP contribution in [0, 0.1) is 0 Å². The van der Waals surface area contributed by atoms with Gasteiger partial charge in [-0.3, -0.25) is 4.79 Å². The molecular formula is C20H15BrN6O2S2. The van der Waals surface area contributed by atoms with Gasteiger partial charge in [0.05, 0.1) is 28.6 Å². The molecule has 0 aliphatic rings.